The summed E-state index contributed by atoms with van der Waals surface area (Å²) < 4.78 is 0.929. The van der Waals surface area contributed by atoms with Crippen LogP contribution in [-0.2, 0) is 0 Å². The molecule has 0 spiro atoms. The molecule has 2 rings (SSSR count). The highest BCUT2D eigenvalue weighted by Crippen LogP contribution is 2.30. The second kappa shape index (κ2) is 7.44. The van der Waals surface area contributed by atoms with Gasteiger partial charge < -0.3 is 5.32 Å². The fourth-order valence-corrected chi connectivity index (χ4v) is 2.98. The third kappa shape index (κ3) is 3.88. The minimum Gasteiger partial charge on any atom is -0.309 e. The summed E-state index contributed by atoms with van der Waals surface area (Å²) in [6.45, 7) is 4.49. The Morgan fingerprint density at radius 3 is 2.14 bits per heavy atom. The first-order chi connectivity index (χ1) is 10.1. The Morgan fingerprint density at radius 2 is 1.62 bits per heavy atom. The van der Waals surface area contributed by atoms with Gasteiger partial charge in [-0.1, -0.05) is 55.8 Å². The molecule has 2 aromatic rings. The van der Waals surface area contributed by atoms with E-state index in [-0.39, 0.29) is 6.04 Å². The van der Waals surface area contributed by atoms with Crippen LogP contribution in [0, 0.1) is 0 Å². The lowest BCUT2D eigenvalue weighted by molar-refractivity contribution is 0.688. The van der Waals surface area contributed by atoms with Gasteiger partial charge in [0.05, 0.1) is 11.1 Å². The molecule has 0 aliphatic rings. The van der Waals surface area contributed by atoms with Crippen molar-refractivity contribution in [1.82, 2.24) is 5.32 Å². The van der Waals surface area contributed by atoms with Crippen molar-refractivity contribution in [3.63, 3.8) is 0 Å². The number of hydrogen-bond acceptors (Lipinski definition) is 1. The molecule has 2 aromatic carbocycles. The van der Waals surface area contributed by atoms with Gasteiger partial charge in [-0.2, -0.15) is 0 Å². The first-order valence-corrected chi connectivity index (χ1v) is 8.46. The van der Waals surface area contributed by atoms with Gasteiger partial charge in [-0.15, -0.1) is 0 Å². The fraction of sp³-hybridized carbons (Fsp3) is 0.333. The fourth-order valence-electron chi connectivity index (χ4n) is 2.47. The second-order valence-electron chi connectivity index (χ2n) is 5.37. The largest absolute Gasteiger partial charge is 0.309 e. The molecule has 0 radical (unpaired) electrons. The molecule has 1 nitrogen and oxygen atoms in total. The van der Waals surface area contributed by atoms with Crippen LogP contribution in [0.2, 0.25) is 5.02 Å². The van der Waals surface area contributed by atoms with Crippen LogP contribution in [0.3, 0.4) is 0 Å². The predicted molar refractivity (Wildman–Crippen MR) is 95.2 cm³/mol. The summed E-state index contributed by atoms with van der Waals surface area (Å²) in [5.74, 6) is 0.608. The van der Waals surface area contributed by atoms with Gasteiger partial charge >= 0.3 is 0 Å². The van der Waals surface area contributed by atoms with Crippen LogP contribution in [0.4, 0.5) is 0 Å². The third-order valence-corrected chi connectivity index (χ3v) is 5.23. The van der Waals surface area contributed by atoms with Gasteiger partial charge in [-0.3, -0.25) is 0 Å². The van der Waals surface area contributed by atoms with Crippen LogP contribution < -0.4 is 5.32 Å². The summed E-state index contributed by atoms with van der Waals surface area (Å²) in [6, 6.07) is 15.1. The van der Waals surface area contributed by atoms with Gasteiger partial charge in [0, 0.05) is 4.47 Å². The molecule has 112 valence electrons. The smallest absolute Gasteiger partial charge is 0.0574 e. The lowest BCUT2D eigenvalue weighted by atomic mass is 9.94. The van der Waals surface area contributed by atoms with Crippen LogP contribution in [0.1, 0.15) is 48.9 Å². The van der Waals surface area contributed by atoms with Crippen LogP contribution in [-0.4, -0.2) is 7.05 Å². The normalized spacial score (nSPS) is 14.0. The van der Waals surface area contributed by atoms with E-state index in [2.05, 4.69) is 71.5 Å². The number of halogens is 2. The summed E-state index contributed by atoms with van der Waals surface area (Å²) in [6.07, 6.45) is 1.17. The number of rotatable bonds is 5. The van der Waals surface area contributed by atoms with Crippen molar-refractivity contribution in [2.75, 3.05) is 7.05 Å². The Hall–Kier alpha value is -0.830. The van der Waals surface area contributed by atoms with Gasteiger partial charge in [0.15, 0.2) is 0 Å². The van der Waals surface area contributed by atoms with Crippen molar-refractivity contribution in [2.45, 2.75) is 32.2 Å². The molecule has 0 aliphatic heterocycles. The third-order valence-electron chi connectivity index (χ3n) is 4.02. The molecule has 0 amide bonds. The van der Waals surface area contributed by atoms with Gasteiger partial charge in [0.2, 0.25) is 0 Å². The molecule has 2 unspecified atom stereocenters. The Labute approximate surface area is 140 Å². The van der Waals surface area contributed by atoms with Gasteiger partial charge in [-0.05, 0) is 64.1 Å². The molecule has 0 aromatic heterocycles. The maximum Gasteiger partial charge on any atom is 0.0574 e. The highest BCUT2D eigenvalue weighted by Gasteiger charge is 2.13. The molecule has 0 fully saturated rings. The van der Waals surface area contributed by atoms with E-state index < -0.39 is 0 Å². The number of hydrogen-bond donors (Lipinski definition) is 1. The molecular formula is C18H21BrClN. The Bertz CT molecular complexity index is 595. The van der Waals surface area contributed by atoms with E-state index in [4.69, 9.17) is 11.6 Å². The van der Waals surface area contributed by atoms with Crippen molar-refractivity contribution in [3.05, 3.63) is 68.7 Å². The van der Waals surface area contributed by atoms with Crippen molar-refractivity contribution >= 4 is 27.5 Å². The van der Waals surface area contributed by atoms with E-state index in [1.165, 1.54) is 23.1 Å². The van der Waals surface area contributed by atoms with Gasteiger partial charge in [-0.25, -0.2) is 0 Å². The van der Waals surface area contributed by atoms with Crippen molar-refractivity contribution in [1.29, 1.82) is 0 Å². The summed E-state index contributed by atoms with van der Waals surface area (Å²) in [5, 5.41) is 4.12. The molecule has 2 atom stereocenters. The standard InChI is InChI=1S/C18H21BrClN/c1-4-12(2)13-5-7-14(8-6-13)18(21-3)15-9-10-17(20)16(19)11-15/h5-12,18,21H,4H2,1-3H3. The van der Waals surface area contributed by atoms with E-state index in [1.54, 1.807) is 0 Å². The average Bonchev–Trinajstić information content (AvgIpc) is 2.51. The molecule has 0 heterocycles. The molecule has 0 saturated carbocycles. The van der Waals surface area contributed by atoms with Crippen molar-refractivity contribution < 1.29 is 0 Å². The average molecular weight is 367 g/mol. The molecule has 21 heavy (non-hydrogen) atoms. The lowest BCUT2D eigenvalue weighted by Gasteiger charge is -2.19. The van der Waals surface area contributed by atoms with Crippen molar-refractivity contribution in [3.8, 4) is 0 Å². The molecule has 0 bridgehead atoms. The minimum absolute atomic E-state index is 0.171. The molecule has 3 heteroatoms. The summed E-state index contributed by atoms with van der Waals surface area (Å²) in [4.78, 5) is 0. The number of nitrogens with one attached hydrogen (secondary N) is 1. The van der Waals surface area contributed by atoms with E-state index in [1.807, 2.05) is 13.1 Å². The van der Waals surface area contributed by atoms with E-state index in [0.29, 0.717) is 5.92 Å². The van der Waals surface area contributed by atoms with Crippen molar-refractivity contribution in [2.24, 2.45) is 0 Å². The first kappa shape index (κ1) is 16.5. The monoisotopic (exact) mass is 365 g/mol. The summed E-state index contributed by atoms with van der Waals surface area (Å²) in [7, 11) is 1.98. The first-order valence-electron chi connectivity index (χ1n) is 7.28. The van der Waals surface area contributed by atoms with Gasteiger partial charge in [0.25, 0.3) is 0 Å². The van der Waals surface area contributed by atoms with Gasteiger partial charge in [0.1, 0.15) is 0 Å². The Balaban J connectivity index is 2.30. The molecular weight excluding hydrogens is 346 g/mol. The number of benzene rings is 2. The Morgan fingerprint density at radius 1 is 1.05 bits per heavy atom. The quantitative estimate of drug-likeness (QED) is 0.692. The maximum absolute atomic E-state index is 6.08. The van der Waals surface area contributed by atoms with Crippen LogP contribution in [0.25, 0.3) is 0 Å². The zero-order valence-electron chi connectivity index (χ0n) is 12.7. The summed E-state index contributed by atoms with van der Waals surface area (Å²) in [5.41, 5.74) is 3.86. The van der Waals surface area contributed by atoms with Crippen LogP contribution >= 0.6 is 27.5 Å². The topological polar surface area (TPSA) is 12.0 Å². The zero-order valence-corrected chi connectivity index (χ0v) is 15.0. The maximum atomic E-state index is 6.08. The second-order valence-corrected chi connectivity index (χ2v) is 6.63. The predicted octanol–water partition coefficient (Wildman–Crippen LogP) is 5.92. The van der Waals surface area contributed by atoms with E-state index >= 15 is 0 Å². The van der Waals surface area contributed by atoms with E-state index in [9.17, 15) is 0 Å². The summed E-state index contributed by atoms with van der Waals surface area (Å²) >= 11 is 9.58. The minimum atomic E-state index is 0.171. The van der Waals surface area contributed by atoms with E-state index in [0.717, 1.165) is 9.50 Å². The lowest BCUT2D eigenvalue weighted by Crippen LogP contribution is -2.17. The SMILES string of the molecule is CCC(C)c1ccc(C(NC)c2ccc(Cl)c(Br)c2)cc1. The highest BCUT2D eigenvalue weighted by atomic mass is 79.9. The Kier molecular flexibility index (Phi) is 5.86. The molecule has 1 N–H and O–H groups in total. The highest BCUT2D eigenvalue weighted by molar-refractivity contribution is 9.10. The van der Waals surface area contributed by atoms with Crippen LogP contribution in [0.15, 0.2) is 46.9 Å². The molecule has 0 saturated heterocycles. The zero-order chi connectivity index (χ0) is 15.4. The van der Waals surface area contributed by atoms with Crippen LogP contribution in [0.5, 0.6) is 0 Å². The molecule has 0 aliphatic carbocycles.